The van der Waals surface area contributed by atoms with Gasteiger partial charge in [0.2, 0.25) is 0 Å². The van der Waals surface area contributed by atoms with E-state index in [0.717, 1.165) is 17.7 Å². The summed E-state index contributed by atoms with van der Waals surface area (Å²) < 4.78 is 18.5. The Hall–Kier alpha value is -3.47. The fourth-order valence-electron chi connectivity index (χ4n) is 2.76. The quantitative estimate of drug-likeness (QED) is 0.611. The maximum absolute atomic E-state index is 13.0. The Balaban J connectivity index is 1.57. The van der Waals surface area contributed by atoms with E-state index >= 15 is 0 Å². The van der Waals surface area contributed by atoms with E-state index in [1.807, 2.05) is 31.2 Å². The fraction of sp³-hybridized carbons (Fsp3) is 0.130. The first-order valence-corrected chi connectivity index (χ1v) is 8.97. The second-order valence-electron chi connectivity index (χ2n) is 6.21. The zero-order valence-corrected chi connectivity index (χ0v) is 15.4. The molecule has 5 heteroatoms. The second kappa shape index (κ2) is 8.95. The summed E-state index contributed by atoms with van der Waals surface area (Å²) in [5.41, 5.74) is 2.70. The van der Waals surface area contributed by atoms with Crippen molar-refractivity contribution >= 4 is 17.4 Å². The minimum Gasteiger partial charge on any atom is -0.484 e. The van der Waals surface area contributed by atoms with Crippen LogP contribution in [-0.2, 0) is 11.2 Å². The highest BCUT2D eigenvalue weighted by Gasteiger charge is 2.10. The maximum atomic E-state index is 13.0. The van der Waals surface area contributed by atoms with Crippen LogP contribution in [0, 0.1) is 5.82 Å². The van der Waals surface area contributed by atoms with Crippen LogP contribution >= 0.6 is 0 Å². The van der Waals surface area contributed by atoms with Crippen molar-refractivity contribution in [2.24, 2.45) is 0 Å². The Morgan fingerprint density at radius 3 is 2.14 bits per heavy atom. The van der Waals surface area contributed by atoms with Crippen LogP contribution in [0.5, 0.6) is 5.75 Å². The zero-order valence-electron chi connectivity index (χ0n) is 15.4. The number of hydrogen-bond donors (Lipinski definition) is 1. The molecule has 3 aromatic rings. The molecule has 0 aromatic heterocycles. The number of benzene rings is 3. The summed E-state index contributed by atoms with van der Waals surface area (Å²) in [6.45, 7) is 1.89. The van der Waals surface area contributed by atoms with Gasteiger partial charge in [0, 0.05) is 16.8 Å². The number of hydrogen-bond acceptors (Lipinski definition) is 3. The average Bonchev–Trinajstić information content (AvgIpc) is 2.73. The molecule has 4 nitrogen and oxygen atoms in total. The number of nitrogens with one attached hydrogen (secondary N) is 1. The van der Waals surface area contributed by atoms with Crippen LogP contribution in [0.3, 0.4) is 0 Å². The number of aryl methyl sites for hydroxylation is 1. The van der Waals surface area contributed by atoms with Crippen LogP contribution in [-0.4, -0.2) is 18.3 Å². The minimum atomic E-state index is -0.389. The lowest BCUT2D eigenvalue weighted by Gasteiger charge is -2.11. The molecule has 0 bridgehead atoms. The van der Waals surface area contributed by atoms with Gasteiger partial charge >= 0.3 is 0 Å². The van der Waals surface area contributed by atoms with Gasteiger partial charge in [0.15, 0.2) is 12.4 Å². The summed E-state index contributed by atoms with van der Waals surface area (Å²) in [5.74, 6) is -0.373. The summed E-state index contributed by atoms with van der Waals surface area (Å²) in [5, 5.41) is 2.84. The summed E-state index contributed by atoms with van der Waals surface area (Å²) in [6, 6.07) is 19.5. The third kappa shape index (κ3) is 4.82. The first kappa shape index (κ1) is 19.3. The van der Waals surface area contributed by atoms with Crippen molar-refractivity contribution in [3.05, 3.63) is 95.3 Å². The summed E-state index contributed by atoms with van der Waals surface area (Å²) in [4.78, 5) is 24.5. The largest absolute Gasteiger partial charge is 0.484 e. The van der Waals surface area contributed by atoms with Crippen LogP contribution in [0.2, 0.25) is 0 Å². The number of rotatable bonds is 7. The lowest BCUT2D eigenvalue weighted by molar-refractivity contribution is -0.118. The predicted octanol–water partition coefficient (Wildman–Crippen LogP) is 4.64. The number of carbonyl (C=O) groups excluding carboxylic acids is 2. The van der Waals surface area contributed by atoms with Crippen molar-refractivity contribution in [1.29, 1.82) is 0 Å². The van der Waals surface area contributed by atoms with Crippen LogP contribution in [0.4, 0.5) is 10.1 Å². The Labute approximate surface area is 163 Å². The topological polar surface area (TPSA) is 55.4 Å². The molecular weight excluding hydrogens is 357 g/mol. The van der Waals surface area contributed by atoms with Crippen LogP contribution in [0.25, 0.3) is 0 Å². The Morgan fingerprint density at radius 1 is 0.893 bits per heavy atom. The van der Waals surface area contributed by atoms with Gasteiger partial charge in [-0.15, -0.1) is 0 Å². The standard InChI is InChI=1S/C23H20FNO3/c1-2-16-5-3-4-6-21(16)25-22(26)15-28-20-13-9-18(10-14-20)23(27)17-7-11-19(24)12-8-17/h3-14H,2,15H2,1H3,(H,25,26). The minimum absolute atomic E-state index is 0.136. The first-order chi connectivity index (χ1) is 13.6. The molecule has 0 unspecified atom stereocenters. The van der Waals surface area contributed by atoms with Crippen molar-refractivity contribution in [3.8, 4) is 5.75 Å². The van der Waals surface area contributed by atoms with Crippen LogP contribution < -0.4 is 10.1 Å². The third-order valence-electron chi connectivity index (χ3n) is 4.27. The van der Waals surface area contributed by atoms with Gasteiger partial charge in [0.1, 0.15) is 11.6 Å². The molecule has 0 saturated heterocycles. The second-order valence-corrected chi connectivity index (χ2v) is 6.21. The van der Waals surface area contributed by atoms with Gasteiger partial charge in [-0.3, -0.25) is 9.59 Å². The molecule has 0 saturated carbocycles. The zero-order chi connectivity index (χ0) is 19.9. The molecule has 0 aliphatic carbocycles. The van der Waals surface area contributed by atoms with Crippen LogP contribution in [0.15, 0.2) is 72.8 Å². The van der Waals surface area contributed by atoms with Gasteiger partial charge < -0.3 is 10.1 Å². The lowest BCUT2D eigenvalue weighted by Crippen LogP contribution is -2.20. The van der Waals surface area contributed by atoms with E-state index in [-0.39, 0.29) is 24.1 Å². The number of para-hydroxylation sites is 1. The summed E-state index contributed by atoms with van der Waals surface area (Å²) in [7, 11) is 0. The van der Waals surface area contributed by atoms with E-state index in [4.69, 9.17) is 4.74 Å². The third-order valence-corrected chi connectivity index (χ3v) is 4.27. The lowest BCUT2D eigenvalue weighted by atomic mass is 10.0. The molecule has 0 heterocycles. The summed E-state index contributed by atoms with van der Waals surface area (Å²) >= 11 is 0. The Morgan fingerprint density at radius 2 is 1.50 bits per heavy atom. The van der Waals surface area contributed by atoms with Gasteiger partial charge in [-0.25, -0.2) is 4.39 Å². The van der Waals surface area contributed by atoms with Crippen molar-refractivity contribution in [1.82, 2.24) is 0 Å². The predicted molar refractivity (Wildman–Crippen MR) is 106 cm³/mol. The molecule has 0 aliphatic rings. The number of anilines is 1. The van der Waals surface area contributed by atoms with Crippen molar-refractivity contribution in [3.63, 3.8) is 0 Å². The van der Waals surface area contributed by atoms with E-state index in [2.05, 4.69) is 5.32 Å². The molecule has 1 N–H and O–H groups in total. The number of halogens is 1. The number of ketones is 1. The molecule has 0 radical (unpaired) electrons. The van der Waals surface area contributed by atoms with E-state index in [0.29, 0.717) is 16.9 Å². The van der Waals surface area contributed by atoms with E-state index in [1.165, 1.54) is 24.3 Å². The molecule has 0 fully saturated rings. The van der Waals surface area contributed by atoms with Gasteiger partial charge in [0.05, 0.1) is 0 Å². The highest BCUT2D eigenvalue weighted by atomic mass is 19.1. The molecule has 0 spiro atoms. The highest BCUT2D eigenvalue weighted by molar-refractivity contribution is 6.09. The van der Waals surface area contributed by atoms with Crippen molar-refractivity contribution < 1.29 is 18.7 Å². The molecule has 0 atom stereocenters. The highest BCUT2D eigenvalue weighted by Crippen LogP contribution is 2.17. The molecular formula is C23H20FNO3. The molecule has 0 aliphatic heterocycles. The number of carbonyl (C=O) groups is 2. The Kier molecular flexibility index (Phi) is 6.17. The fourth-order valence-corrected chi connectivity index (χ4v) is 2.76. The Bertz CT molecular complexity index is 966. The SMILES string of the molecule is CCc1ccccc1NC(=O)COc1ccc(C(=O)c2ccc(F)cc2)cc1. The van der Waals surface area contributed by atoms with Gasteiger partial charge in [-0.1, -0.05) is 25.1 Å². The normalized spacial score (nSPS) is 10.4. The maximum Gasteiger partial charge on any atom is 0.262 e. The van der Waals surface area contributed by atoms with E-state index < -0.39 is 0 Å². The van der Waals surface area contributed by atoms with Gasteiger partial charge in [-0.05, 0) is 66.6 Å². The first-order valence-electron chi connectivity index (χ1n) is 8.97. The monoisotopic (exact) mass is 377 g/mol. The molecule has 1 amide bonds. The van der Waals surface area contributed by atoms with E-state index in [9.17, 15) is 14.0 Å². The van der Waals surface area contributed by atoms with Gasteiger partial charge in [0.25, 0.3) is 5.91 Å². The molecule has 142 valence electrons. The smallest absolute Gasteiger partial charge is 0.262 e. The number of amides is 1. The molecule has 3 aromatic carbocycles. The van der Waals surface area contributed by atoms with E-state index in [1.54, 1.807) is 24.3 Å². The van der Waals surface area contributed by atoms with Crippen molar-refractivity contribution in [2.45, 2.75) is 13.3 Å². The molecule has 3 rings (SSSR count). The summed E-state index contributed by atoms with van der Waals surface area (Å²) in [6.07, 6.45) is 0.820. The van der Waals surface area contributed by atoms with Gasteiger partial charge in [-0.2, -0.15) is 0 Å². The van der Waals surface area contributed by atoms with Crippen molar-refractivity contribution in [2.75, 3.05) is 11.9 Å². The average molecular weight is 377 g/mol. The number of ether oxygens (including phenoxy) is 1. The van der Waals surface area contributed by atoms with Crippen LogP contribution in [0.1, 0.15) is 28.4 Å². The molecule has 28 heavy (non-hydrogen) atoms.